The van der Waals surface area contributed by atoms with E-state index in [0.717, 1.165) is 5.56 Å². The Hall–Kier alpha value is -3.97. The number of anilines is 1. The summed E-state index contributed by atoms with van der Waals surface area (Å²) < 4.78 is 11.4. The first-order valence-corrected chi connectivity index (χ1v) is 15.6. The van der Waals surface area contributed by atoms with Crippen LogP contribution in [0.1, 0.15) is 41.2 Å². The van der Waals surface area contributed by atoms with Gasteiger partial charge >= 0.3 is 5.97 Å². The minimum Gasteiger partial charge on any atom is -0.486 e. The molecule has 1 amide bonds. The van der Waals surface area contributed by atoms with Crippen molar-refractivity contribution in [2.45, 2.75) is 39.1 Å². The molecule has 14 heteroatoms. The number of aliphatic hydroxyl groups excluding tert-OH is 1. The lowest BCUT2D eigenvalue weighted by Gasteiger charge is -2.22. The molecule has 47 heavy (non-hydrogen) atoms. The van der Waals surface area contributed by atoms with Crippen LogP contribution < -0.4 is 25.4 Å². The molecule has 2 aromatic heterocycles. The van der Waals surface area contributed by atoms with E-state index in [4.69, 9.17) is 49.4 Å². The van der Waals surface area contributed by atoms with Crippen LogP contribution in [0.25, 0.3) is 11.1 Å². The van der Waals surface area contributed by atoms with Gasteiger partial charge in [-0.1, -0.05) is 65.1 Å². The molecule has 0 saturated heterocycles. The van der Waals surface area contributed by atoms with Crippen molar-refractivity contribution in [1.82, 2.24) is 20.6 Å². The fourth-order valence-electron chi connectivity index (χ4n) is 4.32. The van der Waals surface area contributed by atoms with Crippen molar-refractivity contribution >= 4 is 52.4 Å². The number of carboxylic acid groups (broad SMARTS) is 1. The van der Waals surface area contributed by atoms with Gasteiger partial charge in [-0.25, -0.2) is 4.98 Å². The topological polar surface area (TPSA) is 155 Å². The number of methoxy groups -OCH3 is 1. The molecular weight excluding hydrogens is 669 g/mol. The number of nitrogens with zero attached hydrogens (tertiary/aromatic N) is 2. The van der Waals surface area contributed by atoms with Gasteiger partial charge in [-0.15, -0.1) is 0 Å². The average molecular weight is 703 g/mol. The van der Waals surface area contributed by atoms with E-state index in [-0.39, 0.29) is 41.4 Å². The highest BCUT2D eigenvalue weighted by molar-refractivity contribution is 6.39. The van der Waals surface area contributed by atoms with Crippen LogP contribution in [-0.2, 0) is 24.5 Å². The van der Waals surface area contributed by atoms with Crippen LogP contribution in [-0.4, -0.2) is 57.9 Å². The van der Waals surface area contributed by atoms with Crippen molar-refractivity contribution in [3.63, 3.8) is 0 Å². The second kappa shape index (κ2) is 16.2. The third-order valence-electron chi connectivity index (χ3n) is 7.08. The molecule has 0 atom stereocenters. The number of amides is 1. The predicted octanol–water partition coefficient (Wildman–Crippen LogP) is 5.98. The van der Waals surface area contributed by atoms with Gasteiger partial charge in [0.05, 0.1) is 34.5 Å². The van der Waals surface area contributed by atoms with Crippen LogP contribution in [0.5, 0.6) is 11.6 Å². The van der Waals surface area contributed by atoms with Crippen LogP contribution in [0.4, 0.5) is 5.69 Å². The highest BCUT2D eigenvalue weighted by Gasteiger charge is 2.27. The van der Waals surface area contributed by atoms with Gasteiger partial charge < -0.3 is 30.3 Å². The number of aliphatic carboxylic acids is 1. The lowest BCUT2D eigenvalue weighted by atomic mass is 10.0. The minimum atomic E-state index is -1.17. The number of benzene rings is 2. The van der Waals surface area contributed by atoms with Crippen LogP contribution in [0, 0.1) is 0 Å². The Morgan fingerprint density at radius 1 is 0.979 bits per heavy atom. The van der Waals surface area contributed by atoms with E-state index in [1.54, 1.807) is 74.6 Å². The molecule has 5 N–H and O–H groups in total. The molecule has 0 aliphatic rings. The number of pyridine rings is 2. The SMILES string of the molecule is COc1nc(COc2cccc(-c3cccc(NC(=O)c4ccc(CNCCO)cn4)c3Cl)c2Cl)c(Cl)cc1CNC(C)(C)C(=O)O. The number of ether oxygens (including phenoxy) is 2. The zero-order valence-corrected chi connectivity index (χ0v) is 28.1. The number of carbonyl (C=O) groups is 2. The second-order valence-electron chi connectivity index (χ2n) is 10.8. The van der Waals surface area contributed by atoms with E-state index in [1.807, 2.05) is 0 Å². The lowest BCUT2D eigenvalue weighted by molar-refractivity contribution is -0.143. The summed E-state index contributed by atoms with van der Waals surface area (Å²) in [5.41, 5.74) is 2.39. The standard InChI is InChI=1S/C33H34Cl3N5O6/c1-33(2,32(44)45)39-17-20-14-23(34)26(41-31(20)46-3)18-47-27-9-5-7-22(29(27)36)21-6-4-8-24(28(21)35)40-30(43)25-11-10-19(16-38-25)15-37-12-13-42/h4-11,14,16,37,39,42H,12-13,15,17-18H2,1-3H3,(H,40,43)(H,44,45). The van der Waals surface area contributed by atoms with E-state index in [1.165, 1.54) is 7.11 Å². The molecule has 0 aliphatic carbocycles. The molecule has 0 bridgehead atoms. The van der Waals surface area contributed by atoms with Crippen molar-refractivity contribution in [2.24, 2.45) is 0 Å². The normalized spacial score (nSPS) is 11.3. The molecule has 0 aliphatic heterocycles. The fraction of sp³-hybridized carbons (Fsp3) is 0.273. The van der Waals surface area contributed by atoms with Crippen LogP contribution >= 0.6 is 34.8 Å². The molecule has 0 radical (unpaired) electrons. The van der Waals surface area contributed by atoms with Gasteiger partial charge in [0, 0.05) is 42.5 Å². The smallest absolute Gasteiger partial charge is 0.323 e. The summed E-state index contributed by atoms with van der Waals surface area (Å²) >= 11 is 20.1. The maximum absolute atomic E-state index is 12.9. The van der Waals surface area contributed by atoms with Gasteiger partial charge in [-0.3, -0.25) is 19.9 Å². The van der Waals surface area contributed by atoms with Gasteiger partial charge in [0.25, 0.3) is 5.91 Å². The molecule has 0 spiro atoms. The Morgan fingerprint density at radius 3 is 2.36 bits per heavy atom. The number of nitrogens with one attached hydrogen (secondary N) is 3. The number of hydrogen-bond acceptors (Lipinski definition) is 9. The van der Waals surface area contributed by atoms with E-state index >= 15 is 0 Å². The summed E-state index contributed by atoms with van der Waals surface area (Å²) in [6.45, 7) is 4.23. The number of hydrogen-bond donors (Lipinski definition) is 5. The Balaban J connectivity index is 1.49. The van der Waals surface area contributed by atoms with Crippen molar-refractivity contribution in [2.75, 3.05) is 25.6 Å². The quantitative estimate of drug-likeness (QED) is 0.0935. The Morgan fingerprint density at radius 2 is 1.70 bits per heavy atom. The molecule has 11 nitrogen and oxygen atoms in total. The third kappa shape index (κ3) is 9.10. The first kappa shape index (κ1) is 35.9. The van der Waals surface area contributed by atoms with Crippen LogP contribution in [0.15, 0.2) is 60.8 Å². The summed E-state index contributed by atoms with van der Waals surface area (Å²) in [6.07, 6.45) is 1.59. The first-order chi connectivity index (χ1) is 22.4. The van der Waals surface area contributed by atoms with E-state index in [2.05, 4.69) is 25.9 Å². The molecule has 0 unspecified atom stereocenters. The second-order valence-corrected chi connectivity index (χ2v) is 12.0. The number of aromatic nitrogens is 2. The fourth-order valence-corrected chi connectivity index (χ4v) is 5.10. The molecule has 2 aromatic carbocycles. The van der Waals surface area contributed by atoms with Crippen LogP contribution in [0.2, 0.25) is 15.1 Å². The summed E-state index contributed by atoms with van der Waals surface area (Å²) in [4.78, 5) is 33.1. The van der Waals surface area contributed by atoms with Crippen molar-refractivity contribution in [1.29, 1.82) is 0 Å². The van der Waals surface area contributed by atoms with Crippen molar-refractivity contribution < 1.29 is 29.3 Å². The predicted molar refractivity (Wildman–Crippen MR) is 182 cm³/mol. The largest absolute Gasteiger partial charge is 0.486 e. The summed E-state index contributed by atoms with van der Waals surface area (Å²) in [7, 11) is 1.46. The molecule has 4 rings (SSSR count). The number of halogens is 3. The van der Waals surface area contributed by atoms with Crippen molar-refractivity contribution in [3.05, 3.63) is 98.4 Å². The third-order valence-corrected chi connectivity index (χ3v) is 8.20. The number of carboxylic acids is 1. The highest BCUT2D eigenvalue weighted by atomic mass is 35.5. The van der Waals surface area contributed by atoms with Gasteiger partial charge in [0.1, 0.15) is 29.3 Å². The summed E-state index contributed by atoms with van der Waals surface area (Å²) in [5.74, 6) is -0.818. The maximum atomic E-state index is 12.9. The monoisotopic (exact) mass is 701 g/mol. The number of aliphatic hydroxyl groups is 1. The lowest BCUT2D eigenvalue weighted by Crippen LogP contribution is -2.46. The molecule has 0 fully saturated rings. The van der Waals surface area contributed by atoms with E-state index in [0.29, 0.717) is 51.9 Å². The van der Waals surface area contributed by atoms with E-state index < -0.39 is 17.4 Å². The highest BCUT2D eigenvalue weighted by Crippen LogP contribution is 2.41. The molecule has 248 valence electrons. The summed E-state index contributed by atoms with van der Waals surface area (Å²) in [6, 6.07) is 15.5. The number of rotatable bonds is 15. The van der Waals surface area contributed by atoms with Crippen LogP contribution in [0.3, 0.4) is 0 Å². The average Bonchev–Trinajstić information content (AvgIpc) is 3.05. The molecule has 4 aromatic rings. The molecule has 2 heterocycles. The maximum Gasteiger partial charge on any atom is 0.323 e. The zero-order chi connectivity index (χ0) is 34.1. The Labute approximate surface area is 287 Å². The zero-order valence-electron chi connectivity index (χ0n) is 25.9. The summed E-state index contributed by atoms with van der Waals surface area (Å²) in [5, 5.41) is 28.0. The molecular formula is C33H34Cl3N5O6. The van der Waals surface area contributed by atoms with Gasteiger partial charge in [-0.2, -0.15) is 0 Å². The molecule has 0 saturated carbocycles. The van der Waals surface area contributed by atoms with Gasteiger partial charge in [0.2, 0.25) is 5.88 Å². The Bertz CT molecular complexity index is 1740. The Kier molecular flexibility index (Phi) is 12.4. The van der Waals surface area contributed by atoms with Crippen molar-refractivity contribution in [3.8, 4) is 22.8 Å². The van der Waals surface area contributed by atoms with Gasteiger partial charge in [-0.05, 0) is 43.7 Å². The van der Waals surface area contributed by atoms with Gasteiger partial charge in [0.15, 0.2) is 0 Å². The number of carbonyl (C=O) groups excluding carboxylic acids is 1. The minimum absolute atomic E-state index is 0.0315. The van der Waals surface area contributed by atoms with E-state index in [9.17, 15) is 14.7 Å². The first-order valence-electron chi connectivity index (χ1n) is 14.4.